The zero-order chi connectivity index (χ0) is 19.9. The molecule has 0 atom stereocenters. The molecule has 0 bridgehead atoms. The van der Waals surface area contributed by atoms with E-state index in [1.807, 2.05) is 31.2 Å². The van der Waals surface area contributed by atoms with E-state index >= 15 is 0 Å². The van der Waals surface area contributed by atoms with E-state index in [0.29, 0.717) is 28.2 Å². The molecule has 0 spiro atoms. The first-order valence-electron chi connectivity index (χ1n) is 8.49. The van der Waals surface area contributed by atoms with Gasteiger partial charge in [-0.15, -0.1) is 10.2 Å². The highest BCUT2D eigenvalue weighted by atomic mass is 32.2. The first kappa shape index (κ1) is 19.8. The number of Topliss-reactive ketones (excluding diaryl/α,β-unsaturated/α-hetero) is 1. The molecule has 8 heteroatoms. The molecule has 7 nitrogen and oxygen atoms in total. The molecule has 2 aromatic carbocycles. The average molecular weight is 400 g/mol. The number of ether oxygens (including phenoxy) is 3. The Morgan fingerprint density at radius 2 is 1.93 bits per heavy atom. The molecule has 0 saturated heterocycles. The molecule has 0 fully saturated rings. The number of nitrogens with zero attached hydrogens (tertiary/aromatic N) is 2. The second-order valence-corrected chi connectivity index (χ2v) is 6.77. The van der Waals surface area contributed by atoms with Gasteiger partial charge in [-0.3, -0.25) is 4.79 Å². The lowest BCUT2D eigenvalue weighted by Crippen LogP contribution is -2.05. The molecular weight excluding hydrogens is 380 g/mol. The highest BCUT2D eigenvalue weighted by Gasteiger charge is 2.16. The topological polar surface area (TPSA) is 83.7 Å². The van der Waals surface area contributed by atoms with Crippen LogP contribution in [-0.2, 0) is 6.61 Å². The van der Waals surface area contributed by atoms with Crippen molar-refractivity contribution in [1.29, 1.82) is 0 Å². The van der Waals surface area contributed by atoms with Gasteiger partial charge < -0.3 is 18.6 Å². The number of carbonyl (C=O) groups excluding carboxylic acids is 1. The standard InChI is InChI=1S/C20H20N2O5S/c1-13-5-4-6-15(9-13)26-11-19-21-22-20(27-19)28-12-17(23)16-8-7-14(24-2)10-18(16)25-3/h4-10H,11-12H2,1-3H3. The Labute approximate surface area is 167 Å². The van der Waals surface area contributed by atoms with Gasteiger partial charge in [0.1, 0.15) is 17.2 Å². The normalized spacial score (nSPS) is 10.5. The predicted molar refractivity (Wildman–Crippen MR) is 104 cm³/mol. The van der Waals surface area contributed by atoms with Gasteiger partial charge in [-0.05, 0) is 36.8 Å². The molecule has 0 aliphatic rings. The Morgan fingerprint density at radius 1 is 1.07 bits per heavy atom. The largest absolute Gasteiger partial charge is 0.497 e. The SMILES string of the molecule is COc1ccc(C(=O)CSc2nnc(COc3cccc(C)c3)o2)c(OC)c1. The fourth-order valence-electron chi connectivity index (χ4n) is 2.44. The van der Waals surface area contributed by atoms with E-state index in [1.165, 1.54) is 18.9 Å². The van der Waals surface area contributed by atoms with Crippen LogP contribution in [0.3, 0.4) is 0 Å². The van der Waals surface area contributed by atoms with Gasteiger partial charge in [-0.2, -0.15) is 0 Å². The van der Waals surface area contributed by atoms with Crippen LogP contribution >= 0.6 is 11.8 Å². The lowest BCUT2D eigenvalue weighted by molar-refractivity contribution is 0.101. The minimum absolute atomic E-state index is 0.111. The number of ketones is 1. The van der Waals surface area contributed by atoms with Crippen LogP contribution < -0.4 is 14.2 Å². The summed E-state index contributed by atoms with van der Waals surface area (Å²) in [6.45, 7) is 2.15. The Bertz CT molecular complexity index is 957. The minimum Gasteiger partial charge on any atom is -0.497 e. The summed E-state index contributed by atoms with van der Waals surface area (Å²) in [5.74, 6) is 2.19. The van der Waals surface area contributed by atoms with E-state index < -0.39 is 0 Å². The number of hydrogen-bond donors (Lipinski definition) is 0. The number of rotatable bonds is 9. The number of carbonyl (C=O) groups is 1. The second-order valence-electron chi connectivity index (χ2n) is 5.84. The van der Waals surface area contributed by atoms with Crippen LogP contribution in [0.5, 0.6) is 17.2 Å². The quantitative estimate of drug-likeness (QED) is 0.394. The van der Waals surface area contributed by atoms with Crippen molar-refractivity contribution in [2.45, 2.75) is 18.8 Å². The lowest BCUT2D eigenvalue weighted by atomic mass is 10.1. The summed E-state index contributed by atoms with van der Waals surface area (Å²) < 4.78 is 21.6. The Morgan fingerprint density at radius 3 is 2.68 bits per heavy atom. The maximum Gasteiger partial charge on any atom is 0.277 e. The summed E-state index contributed by atoms with van der Waals surface area (Å²) >= 11 is 1.17. The van der Waals surface area contributed by atoms with Gasteiger partial charge in [0.05, 0.1) is 25.5 Å². The number of aryl methyl sites for hydroxylation is 1. The zero-order valence-electron chi connectivity index (χ0n) is 15.8. The molecule has 0 radical (unpaired) electrons. The van der Waals surface area contributed by atoms with Crippen molar-refractivity contribution < 1.29 is 23.4 Å². The molecule has 3 aromatic rings. The van der Waals surface area contributed by atoms with Crippen molar-refractivity contribution >= 4 is 17.5 Å². The Kier molecular flexibility index (Phi) is 6.54. The van der Waals surface area contributed by atoms with Crippen molar-refractivity contribution in [2.24, 2.45) is 0 Å². The first-order chi connectivity index (χ1) is 13.6. The molecule has 0 aliphatic carbocycles. The molecule has 3 rings (SSSR count). The monoisotopic (exact) mass is 400 g/mol. The lowest BCUT2D eigenvalue weighted by Gasteiger charge is -2.08. The van der Waals surface area contributed by atoms with Gasteiger partial charge in [0.25, 0.3) is 11.1 Å². The predicted octanol–water partition coefficient (Wildman–Crippen LogP) is 3.95. The Balaban J connectivity index is 1.56. The van der Waals surface area contributed by atoms with E-state index in [4.69, 9.17) is 18.6 Å². The van der Waals surface area contributed by atoms with Crippen LogP contribution in [-0.4, -0.2) is 36.0 Å². The van der Waals surface area contributed by atoms with Gasteiger partial charge in [0.15, 0.2) is 12.4 Å². The molecule has 0 N–H and O–H groups in total. The van der Waals surface area contributed by atoms with Crippen molar-refractivity contribution in [3.05, 3.63) is 59.5 Å². The highest BCUT2D eigenvalue weighted by Crippen LogP contribution is 2.27. The van der Waals surface area contributed by atoms with Crippen molar-refractivity contribution in [1.82, 2.24) is 10.2 Å². The van der Waals surface area contributed by atoms with Gasteiger partial charge in [-0.25, -0.2) is 0 Å². The molecule has 0 amide bonds. The van der Waals surface area contributed by atoms with Gasteiger partial charge >= 0.3 is 0 Å². The van der Waals surface area contributed by atoms with Crippen LogP contribution in [0.2, 0.25) is 0 Å². The van der Waals surface area contributed by atoms with E-state index in [1.54, 1.807) is 25.3 Å². The number of methoxy groups -OCH3 is 2. The number of aromatic nitrogens is 2. The molecule has 1 heterocycles. The fourth-order valence-corrected chi connectivity index (χ4v) is 3.10. The van der Waals surface area contributed by atoms with Crippen molar-refractivity contribution in [3.63, 3.8) is 0 Å². The highest BCUT2D eigenvalue weighted by molar-refractivity contribution is 7.99. The fraction of sp³-hybridized carbons (Fsp3) is 0.250. The third-order valence-electron chi connectivity index (χ3n) is 3.84. The summed E-state index contributed by atoms with van der Waals surface area (Å²) in [5.41, 5.74) is 1.57. The van der Waals surface area contributed by atoms with Gasteiger partial charge in [0.2, 0.25) is 0 Å². The summed E-state index contributed by atoms with van der Waals surface area (Å²) in [6, 6.07) is 12.8. The summed E-state index contributed by atoms with van der Waals surface area (Å²) in [7, 11) is 3.07. The third kappa shape index (κ3) is 5.04. The average Bonchev–Trinajstić information content (AvgIpc) is 3.18. The molecule has 0 unspecified atom stereocenters. The smallest absolute Gasteiger partial charge is 0.277 e. The van der Waals surface area contributed by atoms with Crippen molar-refractivity contribution in [2.75, 3.05) is 20.0 Å². The summed E-state index contributed by atoms with van der Waals surface area (Å²) in [5, 5.41) is 8.20. The van der Waals surface area contributed by atoms with Crippen LogP contribution in [0.1, 0.15) is 21.8 Å². The third-order valence-corrected chi connectivity index (χ3v) is 4.65. The van der Waals surface area contributed by atoms with Crippen LogP contribution in [0.15, 0.2) is 52.1 Å². The second kappa shape index (κ2) is 9.27. The summed E-state index contributed by atoms with van der Waals surface area (Å²) in [6.07, 6.45) is 0. The molecular formula is C20H20N2O5S. The minimum atomic E-state index is -0.111. The molecule has 28 heavy (non-hydrogen) atoms. The van der Waals surface area contributed by atoms with E-state index in [0.717, 1.165) is 11.3 Å². The summed E-state index contributed by atoms with van der Waals surface area (Å²) in [4.78, 5) is 12.5. The molecule has 0 aliphatic heterocycles. The first-order valence-corrected chi connectivity index (χ1v) is 9.47. The van der Waals surface area contributed by atoms with E-state index in [-0.39, 0.29) is 18.1 Å². The van der Waals surface area contributed by atoms with Gasteiger partial charge in [0, 0.05) is 6.07 Å². The van der Waals surface area contributed by atoms with E-state index in [9.17, 15) is 4.79 Å². The molecule has 146 valence electrons. The van der Waals surface area contributed by atoms with Crippen molar-refractivity contribution in [3.8, 4) is 17.2 Å². The number of thioether (sulfide) groups is 1. The van der Waals surface area contributed by atoms with E-state index in [2.05, 4.69) is 10.2 Å². The number of benzene rings is 2. The van der Waals surface area contributed by atoms with Crippen LogP contribution in [0, 0.1) is 6.92 Å². The zero-order valence-corrected chi connectivity index (χ0v) is 16.6. The molecule has 1 aromatic heterocycles. The van der Waals surface area contributed by atoms with Gasteiger partial charge in [-0.1, -0.05) is 23.9 Å². The Hall–Kier alpha value is -3.00. The molecule has 0 saturated carbocycles. The number of hydrogen-bond acceptors (Lipinski definition) is 8. The van der Waals surface area contributed by atoms with Crippen LogP contribution in [0.25, 0.3) is 0 Å². The maximum atomic E-state index is 12.5. The maximum absolute atomic E-state index is 12.5. The van der Waals surface area contributed by atoms with Crippen LogP contribution in [0.4, 0.5) is 0 Å².